The lowest BCUT2D eigenvalue weighted by Gasteiger charge is -2.05. The van der Waals surface area contributed by atoms with Crippen LogP contribution in [0.4, 0.5) is 0 Å². The number of phenolic OH excluding ortho intramolecular Hbond substituents is 1. The molecule has 2 rings (SSSR count). The fourth-order valence-electron chi connectivity index (χ4n) is 1.32. The van der Waals surface area contributed by atoms with Crippen molar-refractivity contribution in [3.05, 3.63) is 23.8 Å². The number of phenols is 1. The van der Waals surface area contributed by atoms with Crippen molar-refractivity contribution in [3.63, 3.8) is 0 Å². The summed E-state index contributed by atoms with van der Waals surface area (Å²) >= 11 is 1.67. The minimum absolute atomic E-state index is 0.234. The van der Waals surface area contributed by atoms with Crippen LogP contribution in [0.2, 0.25) is 0 Å². The minimum atomic E-state index is 0.234. The lowest BCUT2D eigenvalue weighted by molar-refractivity contribution is 0.407. The zero-order valence-corrected chi connectivity index (χ0v) is 8.67. The van der Waals surface area contributed by atoms with E-state index in [0.29, 0.717) is 5.75 Å². The number of aliphatic imine (C=N–C) groups is 1. The Morgan fingerprint density at radius 2 is 2.36 bits per heavy atom. The Balaban J connectivity index is 2.34. The molecule has 1 aliphatic heterocycles. The molecule has 0 amide bonds. The highest BCUT2D eigenvalue weighted by atomic mass is 32.2. The second kappa shape index (κ2) is 3.92. The molecule has 0 saturated heterocycles. The van der Waals surface area contributed by atoms with Gasteiger partial charge in [-0.2, -0.15) is 0 Å². The van der Waals surface area contributed by atoms with E-state index in [1.54, 1.807) is 24.9 Å². The van der Waals surface area contributed by atoms with Gasteiger partial charge in [-0.25, -0.2) is 0 Å². The van der Waals surface area contributed by atoms with Crippen molar-refractivity contribution in [2.24, 2.45) is 4.99 Å². The topological polar surface area (TPSA) is 41.8 Å². The fraction of sp³-hybridized carbons (Fsp3) is 0.300. The zero-order valence-electron chi connectivity index (χ0n) is 7.86. The van der Waals surface area contributed by atoms with Gasteiger partial charge in [0.15, 0.2) is 0 Å². The molecular formula is C10H11NO2S. The van der Waals surface area contributed by atoms with E-state index in [4.69, 9.17) is 4.74 Å². The van der Waals surface area contributed by atoms with Crippen LogP contribution in [0.25, 0.3) is 0 Å². The molecule has 3 nitrogen and oxygen atoms in total. The monoisotopic (exact) mass is 209 g/mol. The Labute approximate surface area is 86.8 Å². The molecule has 0 bridgehead atoms. The maximum atomic E-state index is 9.71. The molecule has 0 aliphatic carbocycles. The van der Waals surface area contributed by atoms with Gasteiger partial charge in [-0.15, -0.1) is 11.8 Å². The molecule has 0 unspecified atom stereocenters. The Hall–Kier alpha value is -1.16. The lowest BCUT2D eigenvalue weighted by Crippen LogP contribution is -1.93. The number of hydrogen-bond acceptors (Lipinski definition) is 4. The average Bonchev–Trinajstić information content (AvgIpc) is 2.70. The van der Waals surface area contributed by atoms with Crippen molar-refractivity contribution in [2.45, 2.75) is 0 Å². The number of hydrogen-bond donors (Lipinski definition) is 1. The van der Waals surface area contributed by atoms with Crippen LogP contribution in [0.15, 0.2) is 23.2 Å². The summed E-state index contributed by atoms with van der Waals surface area (Å²) in [5.74, 6) is 1.90. The highest BCUT2D eigenvalue weighted by molar-refractivity contribution is 8.14. The van der Waals surface area contributed by atoms with Gasteiger partial charge in [0, 0.05) is 23.9 Å². The van der Waals surface area contributed by atoms with Crippen LogP contribution in [0.3, 0.4) is 0 Å². The fourth-order valence-corrected chi connectivity index (χ4v) is 2.20. The van der Waals surface area contributed by atoms with Crippen LogP contribution in [-0.4, -0.2) is 29.6 Å². The van der Waals surface area contributed by atoms with E-state index in [2.05, 4.69) is 4.99 Å². The average molecular weight is 209 g/mol. The molecule has 1 aliphatic rings. The van der Waals surface area contributed by atoms with Gasteiger partial charge in [0.2, 0.25) is 0 Å². The molecule has 0 saturated carbocycles. The molecule has 0 fully saturated rings. The van der Waals surface area contributed by atoms with E-state index in [-0.39, 0.29) is 5.75 Å². The molecule has 4 heteroatoms. The summed E-state index contributed by atoms with van der Waals surface area (Å²) in [6.45, 7) is 0.839. The number of benzene rings is 1. The van der Waals surface area contributed by atoms with Crippen LogP contribution in [0, 0.1) is 0 Å². The predicted octanol–water partition coefficient (Wildman–Crippen LogP) is 1.89. The molecule has 1 aromatic carbocycles. The summed E-state index contributed by atoms with van der Waals surface area (Å²) in [6.07, 6.45) is 0. The molecule has 0 spiro atoms. The highest BCUT2D eigenvalue weighted by Crippen LogP contribution is 2.29. The molecule has 0 atom stereocenters. The summed E-state index contributed by atoms with van der Waals surface area (Å²) in [7, 11) is 1.58. The van der Waals surface area contributed by atoms with Crippen LogP contribution in [-0.2, 0) is 0 Å². The first-order valence-corrected chi connectivity index (χ1v) is 5.34. The molecule has 1 heterocycles. The Morgan fingerprint density at radius 3 is 2.93 bits per heavy atom. The van der Waals surface area contributed by atoms with E-state index in [1.807, 2.05) is 12.1 Å². The van der Waals surface area contributed by atoms with Crippen LogP contribution < -0.4 is 4.74 Å². The summed E-state index contributed by atoms with van der Waals surface area (Å²) in [4.78, 5) is 4.30. The maximum absolute atomic E-state index is 9.71. The first-order valence-electron chi connectivity index (χ1n) is 4.36. The Kier molecular flexibility index (Phi) is 2.63. The Bertz CT molecular complexity index is 376. The summed E-state index contributed by atoms with van der Waals surface area (Å²) < 4.78 is 5.01. The third-order valence-electron chi connectivity index (χ3n) is 2.02. The van der Waals surface area contributed by atoms with E-state index in [0.717, 1.165) is 22.9 Å². The van der Waals surface area contributed by atoms with Gasteiger partial charge in [-0.1, -0.05) is 0 Å². The van der Waals surface area contributed by atoms with E-state index in [1.165, 1.54) is 0 Å². The number of methoxy groups -OCH3 is 1. The van der Waals surface area contributed by atoms with Crippen molar-refractivity contribution >= 4 is 16.8 Å². The standard InChI is InChI=1S/C10H11NO2S/c1-13-7-2-3-8(9(12)6-7)10-11-4-5-14-10/h2-3,6,12H,4-5H2,1H3. The van der Waals surface area contributed by atoms with Gasteiger partial charge >= 0.3 is 0 Å². The molecule has 1 N–H and O–H groups in total. The maximum Gasteiger partial charge on any atom is 0.129 e. The zero-order chi connectivity index (χ0) is 9.97. The van der Waals surface area contributed by atoms with E-state index < -0.39 is 0 Å². The van der Waals surface area contributed by atoms with Crippen molar-refractivity contribution in [1.29, 1.82) is 0 Å². The largest absolute Gasteiger partial charge is 0.507 e. The lowest BCUT2D eigenvalue weighted by atomic mass is 10.2. The van der Waals surface area contributed by atoms with Gasteiger partial charge in [0.1, 0.15) is 16.5 Å². The first kappa shape index (κ1) is 9.40. The normalized spacial score (nSPS) is 15.4. The van der Waals surface area contributed by atoms with Crippen LogP contribution >= 0.6 is 11.8 Å². The smallest absolute Gasteiger partial charge is 0.129 e. The first-order chi connectivity index (χ1) is 6.81. The van der Waals surface area contributed by atoms with Gasteiger partial charge in [-0.3, -0.25) is 4.99 Å². The Morgan fingerprint density at radius 1 is 1.50 bits per heavy atom. The molecule has 0 radical (unpaired) electrons. The van der Waals surface area contributed by atoms with Crippen LogP contribution in [0.1, 0.15) is 5.56 Å². The van der Waals surface area contributed by atoms with Crippen molar-refractivity contribution in [3.8, 4) is 11.5 Å². The van der Waals surface area contributed by atoms with Gasteiger partial charge < -0.3 is 9.84 Å². The number of nitrogens with zero attached hydrogens (tertiary/aromatic N) is 1. The SMILES string of the molecule is COc1ccc(C2=NCCS2)c(O)c1. The molecule has 0 aromatic heterocycles. The molecule has 74 valence electrons. The van der Waals surface area contributed by atoms with Crippen LogP contribution in [0.5, 0.6) is 11.5 Å². The van der Waals surface area contributed by atoms with Gasteiger partial charge in [-0.05, 0) is 12.1 Å². The van der Waals surface area contributed by atoms with Crippen molar-refractivity contribution in [1.82, 2.24) is 0 Å². The van der Waals surface area contributed by atoms with Crippen molar-refractivity contribution < 1.29 is 9.84 Å². The third-order valence-corrected chi connectivity index (χ3v) is 3.03. The summed E-state index contributed by atoms with van der Waals surface area (Å²) in [5.41, 5.74) is 0.799. The van der Waals surface area contributed by atoms with Crippen molar-refractivity contribution in [2.75, 3.05) is 19.4 Å². The van der Waals surface area contributed by atoms with E-state index in [9.17, 15) is 5.11 Å². The second-order valence-corrected chi connectivity index (χ2v) is 4.00. The molecular weight excluding hydrogens is 198 g/mol. The quantitative estimate of drug-likeness (QED) is 0.808. The molecule has 1 aromatic rings. The number of rotatable bonds is 2. The van der Waals surface area contributed by atoms with Gasteiger partial charge in [0.05, 0.1) is 7.11 Å². The van der Waals surface area contributed by atoms with Gasteiger partial charge in [0.25, 0.3) is 0 Å². The number of ether oxygens (including phenoxy) is 1. The second-order valence-electron chi connectivity index (χ2n) is 2.92. The van der Waals surface area contributed by atoms with E-state index >= 15 is 0 Å². The number of aromatic hydroxyl groups is 1. The number of thioether (sulfide) groups is 1. The minimum Gasteiger partial charge on any atom is -0.507 e. The molecule has 14 heavy (non-hydrogen) atoms. The predicted molar refractivity (Wildman–Crippen MR) is 58.5 cm³/mol. The summed E-state index contributed by atoms with van der Waals surface area (Å²) in [6, 6.07) is 5.28. The summed E-state index contributed by atoms with van der Waals surface area (Å²) in [5, 5.41) is 10.6. The highest BCUT2D eigenvalue weighted by Gasteiger charge is 2.13. The third kappa shape index (κ3) is 1.70.